The van der Waals surface area contributed by atoms with Gasteiger partial charge in [0.25, 0.3) is 0 Å². The highest BCUT2D eigenvalue weighted by Gasteiger charge is 2.11. The summed E-state index contributed by atoms with van der Waals surface area (Å²) in [7, 11) is -4.22. The third-order valence-corrected chi connectivity index (χ3v) is 0.923. The van der Waals surface area contributed by atoms with Crippen molar-refractivity contribution >= 4 is 7.82 Å². The molecular formula is C2H9N4O4P. The lowest BCUT2D eigenvalue weighted by Gasteiger charge is -1.99. The van der Waals surface area contributed by atoms with Crippen molar-refractivity contribution < 1.29 is 24.6 Å². The van der Waals surface area contributed by atoms with Gasteiger partial charge in [0.15, 0.2) is 0 Å². The van der Waals surface area contributed by atoms with Crippen LogP contribution in [-0.2, 0) is 9.09 Å². The molecule has 9 heteroatoms. The summed E-state index contributed by atoms with van der Waals surface area (Å²) >= 11 is 0. The van der Waals surface area contributed by atoms with E-state index in [-0.39, 0.29) is 6.61 Å². The molecule has 66 valence electrons. The van der Waals surface area contributed by atoms with E-state index in [0.717, 1.165) is 0 Å². The predicted molar refractivity (Wildman–Crippen MR) is 35.8 cm³/mol. The Hall–Kier alpha value is -0.620. The highest BCUT2D eigenvalue weighted by molar-refractivity contribution is 7.46. The Labute approximate surface area is 62.6 Å². The molecular weight excluding hydrogens is 175 g/mol. The molecule has 8 nitrogen and oxygen atoms in total. The van der Waals surface area contributed by atoms with Gasteiger partial charge in [-0.05, 0) is 0 Å². The second-order valence-corrected chi connectivity index (χ2v) is 2.51. The molecule has 0 fully saturated rings. The number of nitrogens with zero attached hydrogens (tertiary/aromatic N) is 3. The predicted octanol–water partition coefficient (Wildman–Crippen LogP) is -0.796. The molecule has 0 radical (unpaired) electrons. The molecule has 0 spiro atoms. The second kappa shape index (κ2) is 7.49. The summed E-state index contributed by atoms with van der Waals surface area (Å²) in [6, 6.07) is 0. The monoisotopic (exact) mass is 184 g/mol. The SMILES string of the molecule is [N-]=[N+]=[N-].[NH3+]CCOP(=O)(O)O. The molecule has 0 unspecified atom stereocenters. The van der Waals surface area contributed by atoms with Crippen LogP contribution in [0.4, 0.5) is 0 Å². The summed E-state index contributed by atoms with van der Waals surface area (Å²) in [4.78, 5) is 17.5. The standard InChI is InChI=1S/C2H8NO4P.N3/c3-1-2-7-8(4,5)6;1-3-2/h1-3H2,(H2,4,5,6);/q;-1/p+1. The van der Waals surface area contributed by atoms with Gasteiger partial charge in [-0.1, -0.05) is 0 Å². The van der Waals surface area contributed by atoms with E-state index >= 15 is 0 Å². The fourth-order valence-corrected chi connectivity index (χ4v) is 0.550. The largest absolute Gasteiger partial charge is 0.469 e. The number of hydrogen-bond donors (Lipinski definition) is 3. The average molecular weight is 184 g/mol. The maximum Gasteiger partial charge on any atom is 0.469 e. The highest BCUT2D eigenvalue weighted by atomic mass is 31.2. The summed E-state index contributed by atoms with van der Waals surface area (Å²) in [5.74, 6) is 0. The fraction of sp³-hybridized carbons (Fsp3) is 1.00. The Morgan fingerprint density at radius 3 is 2.00 bits per heavy atom. The molecule has 0 saturated carbocycles. The van der Waals surface area contributed by atoms with E-state index in [1.54, 1.807) is 0 Å². The van der Waals surface area contributed by atoms with Gasteiger partial charge in [0.05, 0.1) is 6.54 Å². The number of quaternary nitrogens is 1. The summed E-state index contributed by atoms with van der Waals surface area (Å²) in [6.45, 7) is 0.370. The van der Waals surface area contributed by atoms with Crippen molar-refractivity contribution in [3.8, 4) is 0 Å². The van der Waals surface area contributed by atoms with Crippen molar-refractivity contribution in [3.63, 3.8) is 0 Å². The Balaban J connectivity index is 0. The fourth-order valence-electron chi connectivity index (χ4n) is 0.183. The molecule has 0 amide bonds. The van der Waals surface area contributed by atoms with Crippen LogP contribution in [0.1, 0.15) is 0 Å². The van der Waals surface area contributed by atoms with Crippen LogP contribution in [0.5, 0.6) is 0 Å². The van der Waals surface area contributed by atoms with Crippen molar-refractivity contribution in [1.82, 2.24) is 0 Å². The maximum absolute atomic E-state index is 9.83. The van der Waals surface area contributed by atoms with E-state index in [4.69, 9.17) is 20.8 Å². The van der Waals surface area contributed by atoms with Crippen molar-refractivity contribution in [2.24, 2.45) is 0 Å². The summed E-state index contributed by atoms with van der Waals surface area (Å²) < 4.78 is 13.8. The number of hydrogen-bond acceptors (Lipinski definition) is 2. The van der Waals surface area contributed by atoms with Crippen LogP contribution in [0, 0.1) is 0 Å². The lowest BCUT2D eigenvalue weighted by atomic mass is 10.8. The van der Waals surface area contributed by atoms with Gasteiger partial charge >= 0.3 is 7.82 Å². The lowest BCUT2D eigenvalue weighted by molar-refractivity contribution is -0.371. The van der Waals surface area contributed by atoms with Crippen molar-refractivity contribution in [2.75, 3.05) is 13.2 Å². The van der Waals surface area contributed by atoms with Crippen LogP contribution in [0.15, 0.2) is 0 Å². The molecule has 5 N–H and O–H groups in total. The maximum atomic E-state index is 9.83. The molecule has 0 heterocycles. The van der Waals surface area contributed by atoms with E-state index in [1.807, 2.05) is 0 Å². The third-order valence-electron chi connectivity index (χ3n) is 0.404. The second-order valence-electron chi connectivity index (χ2n) is 1.27. The van der Waals surface area contributed by atoms with Gasteiger partial charge in [-0.3, -0.25) is 9.44 Å². The summed E-state index contributed by atoms with van der Waals surface area (Å²) in [5, 5.41) is 0. The van der Waals surface area contributed by atoms with Gasteiger partial charge in [-0.2, -0.15) is 0 Å². The highest BCUT2D eigenvalue weighted by Crippen LogP contribution is 2.34. The zero-order valence-electron chi connectivity index (χ0n) is 5.62. The topological polar surface area (TPSA) is 153 Å². The number of rotatable bonds is 3. The molecule has 0 bridgehead atoms. The summed E-state index contributed by atoms with van der Waals surface area (Å²) in [5.41, 5.74) is 16.8. The van der Waals surface area contributed by atoms with E-state index in [1.165, 1.54) is 4.91 Å². The molecule has 11 heavy (non-hydrogen) atoms. The zero-order chi connectivity index (χ0) is 9.33. The van der Waals surface area contributed by atoms with Crippen LogP contribution in [-0.4, -0.2) is 22.9 Å². The molecule has 0 rings (SSSR count). The quantitative estimate of drug-likeness (QED) is 0.227. The van der Waals surface area contributed by atoms with E-state index < -0.39 is 7.82 Å². The molecule has 0 aliphatic rings. The van der Waals surface area contributed by atoms with Gasteiger partial charge in [0.1, 0.15) is 6.61 Å². The Bertz CT molecular complexity index is 159. The van der Waals surface area contributed by atoms with Crippen LogP contribution in [0.25, 0.3) is 16.0 Å². The van der Waals surface area contributed by atoms with Crippen LogP contribution >= 0.6 is 7.82 Å². The van der Waals surface area contributed by atoms with E-state index in [0.29, 0.717) is 6.54 Å². The Morgan fingerprint density at radius 2 is 1.91 bits per heavy atom. The molecule has 0 atom stereocenters. The van der Waals surface area contributed by atoms with Gasteiger partial charge in [-0.25, -0.2) is 4.57 Å². The third kappa shape index (κ3) is 26.6. The van der Waals surface area contributed by atoms with Crippen molar-refractivity contribution in [2.45, 2.75) is 0 Å². The van der Waals surface area contributed by atoms with Crippen molar-refractivity contribution in [1.29, 1.82) is 0 Å². The number of phosphoric ester groups is 1. The molecule has 0 aromatic rings. The van der Waals surface area contributed by atoms with Crippen molar-refractivity contribution in [3.05, 3.63) is 16.0 Å². The van der Waals surface area contributed by atoms with Gasteiger partial charge in [0.2, 0.25) is 0 Å². The lowest BCUT2D eigenvalue weighted by Crippen LogP contribution is -2.52. The molecule has 0 aromatic heterocycles. The van der Waals surface area contributed by atoms with Crippen LogP contribution in [0.3, 0.4) is 0 Å². The first-order chi connectivity index (χ1) is 4.97. The van der Waals surface area contributed by atoms with E-state index in [2.05, 4.69) is 10.3 Å². The molecule has 0 aliphatic carbocycles. The first-order valence-corrected chi connectivity index (χ1v) is 3.98. The van der Waals surface area contributed by atoms with E-state index in [9.17, 15) is 4.57 Å². The minimum absolute atomic E-state index is 0.00424. The first kappa shape index (κ1) is 13.0. The number of phosphoric acid groups is 1. The minimum Gasteiger partial charge on any atom is -0.373 e. The molecule has 0 aliphatic heterocycles. The zero-order valence-corrected chi connectivity index (χ0v) is 6.52. The normalized spacial score (nSPS) is 9.36. The summed E-state index contributed by atoms with van der Waals surface area (Å²) in [6.07, 6.45) is 0. The minimum atomic E-state index is -4.22. The Morgan fingerprint density at radius 1 is 1.55 bits per heavy atom. The van der Waals surface area contributed by atoms with Gasteiger partial charge in [-0.15, -0.1) is 0 Å². The molecule has 0 aromatic carbocycles. The van der Waals surface area contributed by atoms with Gasteiger partial charge < -0.3 is 26.6 Å². The Kier molecular flexibility index (Phi) is 8.85. The average Bonchev–Trinajstić information content (AvgIpc) is 1.84. The smallest absolute Gasteiger partial charge is 0.373 e. The first-order valence-electron chi connectivity index (χ1n) is 2.45. The van der Waals surface area contributed by atoms with Crippen LogP contribution in [0.2, 0.25) is 0 Å². The molecule has 0 saturated heterocycles. The van der Waals surface area contributed by atoms with Gasteiger partial charge in [0, 0.05) is 0 Å². The van der Waals surface area contributed by atoms with Crippen LogP contribution < -0.4 is 5.73 Å².